The van der Waals surface area contributed by atoms with Crippen molar-refractivity contribution in [2.24, 2.45) is 5.92 Å². The zero-order chi connectivity index (χ0) is 17.2. The smallest absolute Gasteiger partial charge is 0.307 e. The molecule has 0 bridgehead atoms. The van der Waals surface area contributed by atoms with Crippen molar-refractivity contribution in [2.75, 3.05) is 13.1 Å². The van der Waals surface area contributed by atoms with E-state index < -0.39 is 5.97 Å². The summed E-state index contributed by atoms with van der Waals surface area (Å²) in [6.07, 6.45) is 3.54. The molecule has 1 fully saturated rings. The number of carbonyl (C=O) groups is 1. The number of aromatic nitrogens is 1. The second-order valence-electron chi connectivity index (χ2n) is 6.55. The molecule has 0 saturated carbocycles. The summed E-state index contributed by atoms with van der Waals surface area (Å²) in [4.78, 5) is 18.3. The molecule has 4 rings (SSSR count). The van der Waals surface area contributed by atoms with Crippen molar-refractivity contribution < 1.29 is 9.90 Å². The molecule has 4 nitrogen and oxygen atoms in total. The first-order valence-corrected chi connectivity index (χ1v) is 9.51. The Hall–Kier alpha value is -2.24. The van der Waals surface area contributed by atoms with Gasteiger partial charge in [0.15, 0.2) is 0 Å². The Morgan fingerprint density at radius 3 is 2.96 bits per heavy atom. The lowest BCUT2D eigenvalue weighted by Gasteiger charge is -2.37. The number of nitrogens with zero attached hydrogens (tertiary/aromatic N) is 2. The lowest BCUT2D eigenvalue weighted by atomic mass is 9.91. The standard InChI is InChI=1S/C20H20N2O2S/c23-20(24)14-4-3-10-22(12-14)19(15-8-11-25-13-15)17-7-9-21-18-6-2-1-5-16(17)18/h1-2,5-9,11,13-14,19H,3-4,10,12H2,(H,23,24). The van der Waals surface area contributed by atoms with Crippen LogP contribution in [-0.2, 0) is 4.79 Å². The largest absolute Gasteiger partial charge is 0.481 e. The highest BCUT2D eigenvalue weighted by Gasteiger charge is 2.32. The molecule has 2 unspecified atom stereocenters. The monoisotopic (exact) mass is 352 g/mol. The number of pyridine rings is 1. The predicted molar refractivity (Wildman–Crippen MR) is 99.8 cm³/mol. The number of likely N-dealkylation sites (tertiary alicyclic amines) is 1. The highest BCUT2D eigenvalue weighted by atomic mass is 32.1. The Labute approximate surface area is 150 Å². The quantitative estimate of drug-likeness (QED) is 0.765. The van der Waals surface area contributed by atoms with Crippen molar-refractivity contribution in [3.63, 3.8) is 0 Å². The second kappa shape index (κ2) is 6.94. The van der Waals surface area contributed by atoms with Crippen LogP contribution in [0, 0.1) is 5.92 Å². The Morgan fingerprint density at radius 2 is 2.16 bits per heavy atom. The van der Waals surface area contributed by atoms with Gasteiger partial charge in [-0.15, -0.1) is 0 Å². The van der Waals surface area contributed by atoms with E-state index in [9.17, 15) is 9.90 Å². The molecule has 2 atom stereocenters. The van der Waals surface area contributed by atoms with E-state index >= 15 is 0 Å². The number of thiophene rings is 1. The maximum absolute atomic E-state index is 11.5. The number of para-hydroxylation sites is 1. The minimum absolute atomic E-state index is 0.0706. The van der Waals surface area contributed by atoms with Crippen molar-refractivity contribution in [1.82, 2.24) is 9.88 Å². The van der Waals surface area contributed by atoms with Gasteiger partial charge in [0, 0.05) is 18.1 Å². The van der Waals surface area contributed by atoms with Gasteiger partial charge in [0.2, 0.25) is 0 Å². The molecular formula is C20H20N2O2S. The highest BCUT2D eigenvalue weighted by Crippen LogP contribution is 2.36. The average Bonchev–Trinajstić information content (AvgIpc) is 3.17. The van der Waals surface area contributed by atoms with Gasteiger partial charge in [-0.25, -0.2) is 0 Å². The highest BCUT2D eigenvalue weighted by molar-refractivity contribution is 7.08. The molecule has 2 aromatic heterocycles. The molecule has 0 radical (unpaired) electrons. The normalized spacial score (nSPS) is 19.8. The first kappa shape index (κ1) is 16.2. The maximum atomic E-state index is 11.5. The summed E-state index contributed by atoms with van der Waals surface area (Å²) >= 11 is 1.68. The number of rotatable bonds is 4. The van der Waals surface area contributed by atoms with E-state index in [2.05, 4.69) is 38.8 Å². The van der Waals surface area contributed by atoms with Gasteiger partial charge in [-0.3, -0.25) is 14.7 Å². The third kappa shape index (κ3) is 3.17. The van der Waals surface area contributed by atoms with E-state index in [1.807, 2.05) is 24.4 Å². The number of hydrogen-bond acceptors (Lipinski definition) is 4. The predicted octanol–water partition coefficient (Wildman–Crippen LogP) is 4.18. The van der Waals surface area contributed by atoms with Gasteiger partial charge < -0.3 is 5.11 Å². The Morgan fingerprint density at radius 1 is 1.28 bits per heavy atom. The molecule has 1 saturated heterocycles. The summed E-state index contributed by atoms with van der Waals surface area (Å²) in [6, 6.07) is 12.5. The average molecular weight is 352 g/mol. The number of piperidine rings is 1. The van der Waals surface area contributed by atoms with Gasteiger partial charge in [-0.1, -0.05) is 18.2 Å². The van der Waals surface area contributed by atoms with Crippen molar-refractivity contribution in [3.05, 3.63) is 64.5 Å². The SMILES string of the molecule is O=C(O)C1CCCN(C(c2ccsc2)c2ccnc3ccccc23)C1. The van der Waals surface area contributed by atoms with Crippen LogP contribution in [0.4, 0.5) is 0 Å². The van der Waals surface area contributed by atoms with Crippen LogP contribution in [-0.4, -0.2) is 34.0 Å². The van der Waals surface area contributed by atoms with Gasteiger partial charge >= 0.3 is 5.97 Å². The van der Waals surface area contributed by atoms with Crippen LogP contribution in [0.1, 0.15) is 30.0 Å². The topological polar surface area (TPSA) is 53.4 Å². The molecule has 1 aliphatic heterocycles. The molecule has 0 spiro atoms. The molecule has 1 N–H and O–H groups in total. The fraction of sp³-hybridized carbons (Fsp3) is 0.300. The minimum Gasteiger partial charge on any atom is -0.481 e. The van der Waals surface area contributed by atoms with Crippen molar-refractivity contribution >= 4 is 28.2 Å². The summed E-state index contributed by atoms with van der Waals surface area (Å²) in [7, 11) is 0. The van der Waals surface area contributed by atoms with Crippen LogP contribution in [0.3, 0.4) is 0 Å². The number of fused-ring (bicyclic) bond motifs is 1. The number of hydrogen-bond donors (Lipinski definition) is 1. The van der Waals surface area contributed by atoms with E-state index in [0.29, 0.717) is 6.54 Å². The number of carboxylic acids is 1. The second-order valence-corrected chi connectivity index (χ2v) is 7.33. The Balaban J connectivity index is 1.80. The van der Waals surface area contributed by atoms with Crippen LogP contribution >= 0.6 is 11.3 Å². The number of benzene rings is 1. The zero-order valence-corrected chi connectivity index (χ0v) is 14.7. The molecule has 5 heteroatoms. The Bertz CT molecular complexity index is 873. The number of carboxylic acid groups (broad SMARTS) is 1. The fourth-order valence-corrected chi connectivity index (χ4v) is 4.50. The maximum Gasteiger partial charge on any atom is 0.307 e. The van der Waals surface area contributed by atoms with Gasteiger partial charge in [0.1, 0.15) is 0 Å². The summed E-state index contributed by atoms with van der Waals surface area (Å²) < 4.78 is 0. The number of aliphatic carboxylic acids is 1. The first-order valence-electron chi connectivity index (χ1n) is 8.56. The van der Waals surface area contributed by atoms with Crippen LogP contribution in [0.2, 0.25) is 0 Å². The summed E-state index contributed by atoms with van der Waals surface area (Å²) in [6.45, 7) is 1.51. The fourth-order valence-electron chi connectivity index (χ4n) is 3.82. The molecular weight excluding hydrogens is 332 g/mol. The molecule has 1 aromatic carbocycles. The molecule has 1 aliphatic rings. The van der Waals surface area contributed by atoms with E-state index in [4.69, 9.17) is 0 Å². The van der Waals surface area contributed by atoms with Crippen LogP contribution in [0.25, 0.3) is 10.9 Å². The van der Waals surface area contributed by atoms with E-state index in [0.717, 1.165) is 30.3 Å². The summed E-state index contributed by atoms with van der Waals surface area (Å²) in [5, 5.41) is 14.9. The van der Waals surface area contributed by atoms with Gasteiger partial charge in [-0.05, 0) is 59.5 Å². The summed E-state index contributed by atoms with van der Waals surface area (Å²) in [5.41, 5.74) is 3.41. The first-order chi connectivity index (χ1) is 12.2. The van der Waals surface area contributed by atoms with E-state index in [-0.39, 0.29) is 12.0 Å². The Kier molecular flexibility index (Phi) is 4.51. The minimum atomic E-state index is -0.687. The molecule has 0 amide bonds. The lowest BCUT2D eigenvalue weighted by molar-refractivity contribution is -0.143. The zero-order valence-electron chi connectivity index (χ0n) is 13.8. The van der Waals surface area contributed by atoms with Crippen molar-refractivity contribution in [1.29, 1.82) is 0 Å². The van der Waals surface area contributed by atoms with E-state index in [1.165, 1.54) is 11.1 Å². The molecule has 3 aromatic rings. The molecule has 128 valence electrons. The van der Waals surface area contributed by atoms with E-state index in [1.54, 1.807) is 11.3 Å². The van der Waals surface area contributed by atoms with Crippen LogP contribution < -0.4 is 0 Å². The third-order valence-corrected chi connectivity index (χ3v) is 5.70. The molecule has 3 heterocycles. The van der Waals surface area contributed by atoms with Gasteiger partial charge in [-0.2, -0.15) is 11.3 Å². The van der Waals surface area contributed by atoms with Crippen molar-refractivity contribution in [3.8, 4) is 0 Å². The molecule has 25 heavy (non-hydrogen) atoms. The lowest BCUT2D eigenvalue weighted by Crippen LogP contribution is -2.41. The molecule has 0 aliphatic carbocycles. The van der Waals surface area contributed by atoms with Gasteiger partial charge in [0.05, 0.1) is 17.5 Å². The van der Waals surface area contributed by atoms with Crippen LogP contribution in [0.15, 0.2) is 53.4 Å². The summed E-state index contributed by atoms with van der Waals surface area (Å²) in [5.74, 6) is -0.976. The van der Waals surface area contributed by atoms with Gasteiger partial charge in [0.25, 0.3) is 0 Å². The van der Waals surface area contributed by atoms with Crippen LogP contribution in [0.5, 0.6) is 0 Å². The van der Waals surface area contributed by atoms with Crippen molar-refractivity contribution in [2.45, 2.75) is 18.9 Å². The third-order valence-electron chi connectivity index (χ3n) is 5.00.